The number of allylic oxidation sites excluding steroid dienone is 2. The summed E-state index contributed by atoms with van der Waals surface area (Å²) in [6.07, 6.45) is 4.23. The number of phenolic OH excluding ortho intramolecular Hbond substituents is 1. The van der Waals surface area contributed by atoms with Gasteiger partial charge in [-0.1, -0.05) is 163 Å². The van der Waals surface area contributed by atoms with E-state index in [1.54, 1.807) is 40.7 Å². The summed E-state index contributed by atoms with van der Waals surface area (Å²) in [6.45, 7) is 62.9. The number of halogens is 3. The zero-order chi connectivity index (χ0) is 100. The van der Waals surface area contributed by atoms with Gasteiger partial charge in [0.2, 0.25) is 16.7 Å². The zero-order valence-electron chi connectivity index (χ0n) is 80.6. The molecule has 734 valence electrons. The normalized spacial score (nSPS) is 15.1. The Bertz CT molecular complexity index is 5170. The standard InChI is InChI=1S/C32H37N3O7.C25H34N2O4.C17H27N2O2.C11H13N.C7H5NO4.C6H14INO2.C4H5ClO.HI/c1-22(2)29(36)40-19-17-33(18-20-41-30(37)23(3)4)15-16-34-27-10-8-7-9-26(27)31(5,6)32(34)14-13-24-21-25(35(38)39)11-12-28(24)42-32;1-18(2)23(28)30-16-14-26(15-17-31-24(29)19(3)4)12-13-27-20(5)25(6,7)21-10-8-9-11-22(21)27;1-14-17(2,3)15-6-4-5-7-16(15)19(14)9-8-18(10-12-20)11-13-21;1-8-11(2,3)9-6-4-5-7-10(9)12-8;9-4-5-3-6(8(11)12)1-2-7(5)10;7-1-2-8(3-5-9)4-6-10;1-3(2)4(5)6;/h7-14,21H,1,3,15-20H2,2,4-6H3;8-11H,1,3,5,12-17H2,2,4,6-7H3;4-7,20-21H,8-13H2,1-3H3;4-7H,1-3H3;1-4,10H;9-10H,1-6H2;1H2,2H3;1H/q;;+1;;;;;/p-1. The number of alkyl halides is 1. The fourth-order valence-corrected chi connectivity index (χ4v) is 15.7. The summed E-state index contributed by atoms with van der Waals surface area (Å²) in [5, 5.41) is 65.4. The van der Waals surface area contributed by atoms with Crippen LogP contribution in [0.2, 0.25) is 0 Å². The number of hydrogen-bond donors (Lipinski definition) is 5. The van der Waals surface area contributed by atoms with Crippen LogP contribution in [-0.4, -0.2) is 268 Å². The molecule has 0 amide bonds. The lowest BCUT2D eigenvalue weighted by molar-refractivity contribution is -0.439. The molecule has 5 aliphatic rings. The molecule has 0 bridgehead atoms. The average molecular weight is 2110 g/mol. The Morgan fingerprint density at radius 1 is 0.533 bits per heavy atom. The first-order valence-corrected chi connectivity index (χ1v) is 46.1. The molecule has 5 aliphatic heterocycles. The van der Waals surface area contributed by atoms with E-state index >= 15 is 0 Å². The summed E-state index contributed by atoms with van der Waals surface area (Å²) in [6, 6.07) is 41.3. The Balaban J connectivity index is 0.000000358. The molecule has 0 saturated heterocycles. The van der Waals surface area contributed by atoms with Crippen molar-refractivity contribution < 1.29 is 116 Å². The van der Waals surface area contributed by atoms with E-state index in [2.05, 4.69) is 238 Å². The lowest BCUT2D eigenvalue weighted by Gasteiger charge is -2.47. The van der Waals surface area contributed by atoms with Gasteiger partial charge < -0.3 is 83.0 Å². The maximum Gasteiger partial charge on any atom is 0.333 e. The van der Waals surface area contributed by atoms with Crippen molar-refractivity contribution in [2.24, 2.45) is 4.99 Å². The minimum Gasteiger partial charge on any atom is -1.00 e. The number of aromatic hydroxyl groups is 1. The summed E-state index contributed by atoms with van der Waals surface area (Å²) in [7, 11) is 0. The number of aliphatic hydroxyl groups is 4. The van der Waals surface area contributed by atoms with Crippen LogP contribution < -0.4 is 38.5 Å². The number of rotatable bonds is 39. The first-order chi connectivity index (χ1) is 63.2. The molecular weight excluding hydrogens is 1970 g/mol. The van der Waals surface area contributed by atoms with E-state index in [-0.39, 0.29) is 116 Å². The number of aldehydes is 1. The van der Waals surface area contributed by atoms with Crippen LogP contribution in [-0.2, 0) is 64.6 Å². The number of fused-ring (bicyclic) bond motifs is 5. The fourth-order valence-electron chi connectivity index (χ4n) is 15.0. The lowest BCUT2D eigenvalue weighted by Crippen LogP contribution is -3.00. The van der Waals surface area contributed by atoms with Crippen LogP contribution in [0.3, 0.4) is 0 Å². The fraction of sp³-hybridized carbons (Fsp3) is 0.431. The minimum atomic E-state index is -0.912. The van der Waals surface area contributed by atoms with Crippen LogP contribution in [0, 0.1) is 20.2 Å². The van der Waals surface area contributed by atoms with Gasteiger partial charge in [0.15, 0.2) is 18.5 Å². The highest BCUT2D eigenvalue weighted by Gasteiger charge is 2.59. The number of aliphatic hydroxyl groups excluding tert-OH is 4. The van der Waals surface area contributed by atoms with Crippen molar-refractivity contribution in [3.63, 3.8) is 0 Å². The van der Waals surface area contributed by atoms with E-state index in [0.29, 0.717) is 117 Å². The molecule has 11 rings (SSSR count). The van der Waals surface area contributed by atoms with E-state index in [4.69, 9.17) is 60.8 Å². The molecule has 0 fully saturated rings. The van der Waals surface area contributed by atoms with Crippen LogP contribution in [0.1, 0.15) is 142 Å². The van der Waals surface area contributed by atoms with E-state index in [1.807, 2.05) is 41.3 Å². The van der Waals surface area contributed by atoms with E-state index < -0.39 is 50.1 Å². The first kappa shape index (κ1) is 117. The second-order valence-electron chi connectivity index (χ2n) is 34.7. The average Bonchev–Trinajstić information content (AvgIpc) is 1.54. The van der Waals surface area contributed by atoms with Crippen molar-refractivity contribution in [1.29, 1.82) is 0 Å². The Labute approximate surface area is 830 Å². The van der Waals surface area contributed by atoms with Crippen molar-refractivity contribution in [3.8, 4) is 11.5 Å². The number of nitro groups is 2. The molecule has 0 radical (unpaired) electrons. The molecule has 5 N–H and O–H groups in total. The second-order valence-corrected chi connectivity index (χ2v) is 36.1. The molecule has 33 heteroatoms. The van der Waals surface area contributed by atoms with Gasteiger partial charge in [-0.2, -0.15) is 4.58 Å². The van der Waals surface area contributed by atoms with Crippen molar-refractivity contribution in [2.45, 2.75) is 131 Å². The summed E-state index contributed by atoms with van der Waals surface area (Å²) in [4.78, 5) is 105. The van der Waals surface area contributed by atoms with E-state index in [9.17, 15) is 49.0 Å². The third-order valence-corrected chi connectivity index (χ3v) is 24.4. The van der Waals surface area contributed by atoms with Gasteiger partial charge in [-0.05, 0) is 140 Å². The van der Waals surface area contributed by atoms with Gasteiger partial charge >= 0.3 is 23.9 Å². The molecule has 5 heterocycles. The van der Waals surface area contributed by atoms with Crippen LogP contribution in [0.4, 0.5) is 34.1 Å². The van der Waals surface area contributed by atoms with Crippen molar-refractivity contribution in [1.82, 2.24) is 19.6 Å². The number of para-hydroxylation sites is 4. The number of carbonyl (C=O) groups is 6. The Hall–Kier alpha value is -10.5. The summed E-state index contributed by atoms with van der Waals surface area (Å²) in [5.74, 6) is -1.43. The smallest absolute Gasteiger partial charge is 0.333 e. The third kappa shape index (κ3) is 32.9. The first-order valence-electron chi connectivity index (χ1n) is 44.1. The SMILES string of the molecule is C=C(C)C(=O)Cl.C=C(C)C(=O)OCCN(CCOC(=O)C(=C)C)CCN1C(=C)C(C)(C)c2ccccc21.C=C(C)C(=O)OCCN(CCOC(=O)C(=C)C)CCN1c2ccccc2C(C)(C)C12C=Cc1cc([N+](=O)[O-])ccc1O2.CC1=Nc2ccccc2C1(C)C.CC1=[N+](CCN(CCO)CCO)c2ccccc2C1(C)C.O=Cc1cc([N+](=O)[O-])ccc1O.OCCN(CCO)CCI.[I-]. The molecular formula is C102H135ClI2N10O20. The number of aliphatic imine (C=N–C) groups is 1. The van der Waals surface area contributed by atoms with Gasteiger partial charge in [0.05, 0.1) is 64.9 Å². The minimum absolute atomic E-state index is 0. The highest BCUT2D eigenvalue weighted by atomic mass is 127. The Morgan fingerprint density at radius 2 is 0.948 bits per heavy atom. The van der Waals surface area contributed by atoms with Crippen molar-refractivity contribution >= 4 is 121 Å². The van der Waals surface area contributed by atoms with Gasteiger partial charge in [0.1, 0.15) is 37.9 Å². The Kier molecular flexibility index (Phi) is 48.1. The molecule has 135 heavy (non-hydrogen) atoms. The van der Waals surface area contributed by atoms with Gasteiger partial charge in [0.25, 0.3) is 11.4 Å². The molecule has 0 saturated carbocycles. The predicted molar refractivity (Wildman–Crippen MR) is 537 cm³/mol. The third-order valence-electron chi connectivity index (χ3n) is 23.6. The lowest BCUT2D eigenvalue weighted by atomic mass is 9.76. The van der Waals surface area contributed by atoms with Gasteiger partial charge in [0, 0.05) is 199 Å². The number of ether oxygens (including phenoxy) is 5. The van der Waals surface area contributed by atoms with Crippen LogP contribution in [0.25, 0.3) is 6.08 Å². The molecule has 30 nitrogen and oxygen atoms in total. The Morgan fingerprint density at radius 3 is 1.40 bits per heavy atom. The number of anilines is 2. The van der Waals surface area contributed by atoms with E-state index in [0.717, 1.165) is 71.4 Å². The molecule has 1 atom stereocenters. The van der Waals surface area contributed by atoms with Crippen LogP contribution in [0.5, 0.6) is 11.5 Å². The molecule has 6 aromatic rings. The second kappa shape index (κ2) is 55.6. The van der Waals surface area contributed by atoms with Crippen molar-refractivity contribution in [2.75, 3.05) is 165 Å². The largest absolute Gasteiger partial charge is 1.00 e. The summed E-state index contributed by atoms with van der Waals surface area (Å²) < 4.78 is 31.4. The van der Waals surface area contributed by atoms with Crippen LogP contribution >= 0.6 is 34.2 Å². The van der Waals surface area contributed by atoms with E-state index in [1.165, 1.54) is 51.6 Å². The van der Waals surface area contributed by atoms with Gasteiger partial charge in [-0.3, -0.25) is 54.4 Å². The maximum absolute atomic E-state index is 12.0. The number of hydrogen-bond acceptors (Lipinski definition) is 27. The molecule has 0 aliphatic carbocycles. The maximum atomic E-state index is 12.0. The quantitative estimate of drug-likeness (QED) is 0.00229. The van der Waals surface area contributed by atoms with Gasteiger partial charge in [-0.25, -0.2) is 19.2 Å². The highest BCUT2D eigenvalue weighted by Crippen LogP contribution is 2.55. The number of non-ortho nitro benzene ring substituents is 2. The number of benzene rings is 6. The topological polar surface area (TPSA) is 371 Å². The summed E-state index contributed by atoms with van der Waals surface area (Å²) >= 11 is 7.15. The number of carbonyl (C=O) groups excluding carboxylic acids is 6. The van der Waals surface area contributed by atoms with Gasteiger partial charge in [-0.15, -0.1) is 0 Å². The molecule has 0 aromatic heterocycles. The molecule has 6 aromatic carbocycles. The summed E-state index contributed by atoms with van der Waals surface area (Å²) in [5.41, 5.74) is 14.1. The zero-order valence-corrected chi connectivity index (χ0v) is 85.7. The number of esters is 4. The predicted octanol–water partition coefficient (Wildman–Crippen LogP) is 12.5. The highest BCUT2D eigenvalue weighted by molar-refractivity contribution is 14.1. The van der Waals surface area contributed by atoms with Crippen molar-refractivity contribution in [3.05, 3.63) is 266 Å². The number of nitro benzene ring substituents is 2. The molecule has 1 unspecified atom stereocenters. The monoisotopic (exact) mass is 2110 g/mol. The van der Waals surface area contributed by atoms with Crippen LogP contribution in [0.15, 0.2) is 218 Å². The number of phenols is 1. The number of nitrogens with zero attached hydrogens (tertiary/aromatic N) is 10. The molecule has 1 spiro atoms.